The minimum absolute atomic E-state index is 0.746. The van der Waals surface area contributed by atoms with Gasteiger partial charge >= 0.3 is 0 Å². The fourth-order valence-corrected chi connectivity index (χ4v) is 2.67. The van der Waals surface area contributed by atoms with Crippen molar-refractivity contribution in [3.05, 3.63) is 29.3 Å². The Morgan fingerprint density at radius 1 is 1.20 bits per heavy atom. The zero-order valence-corrected chi connectivity index (χ0v) is 14.4. The van der Waals surface area contributed by atoms with Crippen molar-refractivity contribution in [2.45, 2.75) is 11.3 Å². The lowest BCUT2D eigenvalue weighted by Crippen LogP contribution is -3.05. The van der Waals surface area contributed by atoms with E-state index < -0.39 is 0 Å². The average Bonchev–Trinajstić information content (AvgIpc) is 2.41. The van der Waals surface area contributed by atoms with E-state index in [4.69, 9.17) is 23.8 Å². The van der Waals surface area contributed by atoms with E-state index in [-0.39, 0.29) is 0 Å². The first-order valence-electron chi connectivity index (χ1n) is 6.77. The lowest BCUT2D eigenvalue weighted by molar-refractivity contribution is -0.858. The van der Waals surface area contributed by atoms with Gasteiger partial charge in [0.25, 0.3) is 0 Å². The molecule has 0 unspecified atom stereocenters. The van der Waals surface area contributed by atoms with Crippen LogP contribution in [0.5, 0.6) is 0 Å². The molecule has 1 rings (SSSR count). The van der Waals surface area contributed by atoms with Crippen molar-refractivity contribution in [2.24, 2.45) is 0 Å². The van der Waals surface area contributed by atoms with E-state index in [1.807, 2.05) is 24.3 Å². The maximum absolute atomic E-state index is 5.85. The van der Waals surface area contributed by atoms with Gasteiger partial charge in [-0.05, 0) is 36.5 Å². The summed E-state index contributed by atoms with van der Waals surface area (Å²) in [7, 11) is 4.31. The molecule has 0 bridgehead atoms. The monoisotopic (exact) mass is 332 g/mol. The second-order valence-electron chi connectivity index (χ2n) is 4.80. The Balaban J connectivity index is 2.03. The third kappa shape index (κ3) is 8.64. The maximum Gasteiger partial charge on any atom is 0.166 e. The van der Waals surface area contributed by atoms with Gasteiger partial charge in [0.1, 0.15) is 0 Å². The van der Waals surface area contributed by atoms with Crippen LogP contribution in [0.3, 0.4) is 0 Å². The van der Waals surface area contributed by atoms with E-state index >= 15 is 0 Å². The van der Waals surface area contributed by atoms with E-state index in [0.717, 1.165) is 41.9 Å². The molecule has 1 aromatic carbocycles. The normalized spacial score (nSPS) is 10.6. The fraction of sp³-hybridized carbons (Fsp3) is 0.500. The van der Waals surface area contributed by atoms with Crippen molar-refractivity contribution in [1.82, 2.24) is 10.6 Å². The molecule has 0 aliphatic heterocycles. The molecule has 1 aromatic rings. The Labute approximate surface area is 136 Å². The molecule has 0 spiro atoms. The summed E-state index contributed by atoms with van der Waals surface area (Å²) < 4.78 is 0. The van der Waals surface area contributed by atoms with Gasteiger partial charge in [-0.1, -0.05) is 11.6 Å². The van der Waals surface area contributed by atoms with Crippen molar-refractivity contribution in [3.63, 3.8) is 0 Å². The van der Waals surface area contributed by atoms with Crippen LogP contribution in [0, 0.1) is 0 Å². The topological polar surface area (TPSA) is 28.5 Å². The van der Waals surface area contributed by atoms with Gasteiger partial charge in [0.2, 0.25) is 0 Å². The Bertz CT molecular complexity index is 396. The lowest BCUT2D eigenvalue weighted by atomic mass is 10.4. The first-order chi connectivity index (χ1) is 9.58. The molecule has 3 N–H and O–H groups in total. The molecular formula is C14H23ClN3S2+. The predicted molar refractivity (Wildman–Crippen MR) is 93.1 cm³/mol. The number of benzene rings is 1. The maximum atomic E-state index is 5.85. The van der Waals surface area contributed by atoms with Gasteiger partial charge in [0, 0.05) is 35.2 Å². The molecule has 0 heterocycles. The van der Waals surface area contributed by atoms with Crippen LogP contribution in [0.2, 0.25) is 5.02 Å². The highest BCUT2D eigenvalue weighted by Gasteiger charge is 1.98. The third-order valence-electron chi connectivity index (χ3n) is 2.61. The van der Waals surface area contributed by atoms with Crippen molar-refractivity contribution in [2.75, 3.05) is 39.5 Å². The van der Waals surface area contributed by atoms with E-state index in [1.54, 1.807) is 11.8 Å². The Morgan fingerprint density at radius 2 is 1.85 bits per heavy atom. The molecule has 3 nitrogen and oxygen atoms in total. The standard InChI is InChI=1S/C14H22ClN3S2/c1-18(2)10-3-8-16-14(19)17-9-11-20-13-6-4-12(15)5-7-13/h4-7H,3,8-11H2,1-2H3,(H2,16,17,19)/p+1. The van der Waals surface area contributed by atoms with Gasteiger partial charge in [-0.25, -0.2) is 0 Å². The summed E-state index contributed by atoms with van der Waals surface area (Å²) in [6.45, 7) is 2.95. The van der Waals surface area contributed by atoms with Crippen LogP contribution in [0.1, 0.15) is 6.42 Å². The van der Waals surface area contributed by atoms with Gasteiger partial charge in [0.05, 0.1) is 20.6 Å². The predicted octanol–water partition coefficient (Wildman–Crippen LogP) is 1.43. The Kier molecular flexibility index (Phi) is 9.02. The summed E-state index contributed by atoms with van der Waals surface area (Å²) in [6.07, 6.45) is 1.13. The Hall–Kier alpha value is -0.490. The van der Waals surface area contributed by atoms with Gasteiger partial charge in [0.15, 0.2) is 5.11 Å². The second kappa shape index (κ2) is 10.3. The van der Waals surface area contributed by atoms with Gasteiger partial charge < -0.3 is 15.5 Å². The van der Waals surface area contributed by atoms with Gasteiger partial charge in [-0.2, -0.15) is 0 Å². The largest absolute Gasteiger partial charge is 0.363 e. The van der Waals surface area contributed by atoms with Gasteiger partial charge in [-0.15, -0.1) is 11.8 Å². The van der Waals surface area contributed by atoms with Crippen LogP contribution in [0.25, 0.3) is 0 Å². The van der Waals surface area contributed by atoms with Crippen molar-refractivity contribution in [1.29, 1.82) is 0 Å². The summed E-state index contributed by atoms with van der Waals surface area (Å²) in [5.41, 5.74) is 0. The van der Waals surface area contributed by atoms with E-state index in [2.05, 4.69) is 24.7 Å². The third-order valence-corrected chi connectivity index (χ3v) is 4.16. The molecule has 0 aliphatic rings. The molecular weight excluding hydrogens is 310 g/mol. The summed E-state index contributed by atoms with van der Waals surface area (Å²) >= 11 is 12.9. The summed E-state index contributed by atoms with van der Waals surface area (Å²) in [5.74, 6) is 0.977. The molecule has 0 amide bonds. The molecule has 0 saturated carbocycles. The average molecular weight is 333 g/mol. The summed E-state index contributed by atoms with van der Waals surface area (Å²) in [4.78, 5) is 2.69. The molecule has 20 heavy (non-hydrogen) atoms. The fourth-order valence-electron chi connectivity index (χ4n) is 1.57. The summed E-state index contributed by atoms with van der Waals surface area (Å²) in [5, 5.41) is 7.96. The molecule has 6 heteroatoms. The Morgan fingerprint density at radius 3 is 2.50 bits per heavy atom. The van der Waals surface area contributed by atoms with Crippen LogP contribution in [-0.4, -0.2) is 44.6 Å². The van der Waals surface area contributed by atoms with Crippen LogP contribution in [-0.2, 0) is 0 Å². The van der Waals surface area contributed by atoms with Crippen LogP contribution in [0.15, 0.2) is 29.2 Å². The number of halogens is 1. The zero-order chi connectivity index (χ0) is 14.8. The molecule has 0 aromatic heterocycles. The highest BCUT2D eigenvalue weighted by atomic mass is 35.5. The number of quaternary nitrogens is 1. The van der Waals surface area contributed by atoms with Gasteiger partial charge in [-0.3, -0.25) is 0 Å². The first-order valence-corrected chi connectivity index (χ1v) is 8.54. The number of rotatable bonds is 8. The van der Waals surface area contributed by atoms with E-state index in [9.17, 15) is 0 Å². The molecule has 0 radical (unpaired) electrons. The minimum Gasteiger partial charge on any atom is -0.363 e. The van der Waals surface area contributed by atoms with Crippen molar-refractivity contribution < 1.29 is 4.90 Å². The molecule has 0 aliphatic carbocycles. The molecule has 112 valence electrons. The lowest BCUT2D eigenvalue weighted by Gasteiger charge is -2.11. The van der Waals surface area contributed by atoms with E-state index in [0.29, 0.717) is 0 Å². The van der Waals surface area contributed by atoms with Crippen LogP contribution in [0.4, 0.5) is 0 Å². The number of hydrogen-bond donors (Lipinski definition) is 3. The summed E-state index contributed by atoms with van der Waals surface area (Å²) in [6, 6.07) is 7.90. The number of thioether (sulfide) groups is 1. The van der Waals surface area contributed by atoms with Crippen LogP contribution >= 0.6 is 35.6 Å². The SMILES string of the molecule is C[NH+](C)CCCNC(=S)NCCSc1ccc(Cl)cc1. The highest BCUT2D eigenvalue weighted by Crippen LogP contribution is 2.19. The quantitative estimate of drug-likeness (QED) is 0.381. The van der Waals surface area contributed by atoms with E-state index in [1.165, 1.54) is 9.80 Å². The first kappa shape index (κ1) is 17.6. The molecule has 0 saturated heterocycles. The number of nitrogens with one attached hydrogen (secondary N) is 3. The second-order valence-corrected chi connectivity index (χ2v) is 6.81. The smallest absolute Gasteiger partial charge is 0.166 e. The van der Waals surface area contributed by atoms with Crippen molar-refractivity contribution in [3.8, 4) is 0 Å². The molecule has 0 atom stereocenters. The zero-order valence-electron chi connectivity index (χ0n) is 12.0. The van der Waals surface area contributed by atoms with Crippen LogP contribution < -0.4 is 15.5 Å². The van der Waals surface area contributed by atoms with Crippen molar-refractivity contribution >= 4 is 40.7 Å². The highest BCUT2D eigenvalue weighted by molar-refractivity contribution is 7.99. The number of hydrogen-bond acceptors (Lipinski definition) is 2. The number of thiocarbonyl (C=S) groups is 1. The minimum atomic E-state index is 0.746. The molecule has 0 fully saturated rings.